The van der Waals surface area contributed by atoms with E-state index in [4.69, 9.17) is 0 Å². The summed E-state index contributed by atoms with van der Waals surface area (Å²) in [4.78, 5) is 9.94. The standard InChI is InChI=1S/C10H20N2O/c13-9-11-7-4-8-12-10-5-2-1-3-6-10/h9-10,12H,1-8H2,(H,11,13). The maximum absolute atomic E-state index is 9.94. The average Bonchev–Trinajstić information content (AvgIpc) is 2.19. The first-order chi connectivity index (χ1) is 6.43. The highest BCUT2D eigenvalue weighted by molar-refractivity contribution is 5.45. The van der Waals surface area contributed by atoms with E-state index >= 15 is 0 Å². The van der Waals surface area contributed by atoms with E-state index in [1.54, 1.807) is 0 Å². The molecule has 0 aromatic carbocycles. The molecule has 0 saturated heterocycles. The molecule has 2 N–H and O–H groups in total. The Balaban J connectivity index is 1.89. The van der Waals surface area contributed by atoms with Crippen molar-refractivity contribution in [2.45, 2.75) is 44.6 Å². The molecular weight excluding hydrogens is 164 g/mol. The Morgan fingerprint density at radius 1 is 1.15 bits per heavy atom. The molecule has 0 aromatic heterocycles. The molecular formula is C10H20N2O. The fraction of sp³-hybridized carbons (Fsp3) is 0.900. The molecule has 0 aromatic rings. The smallest absolute Gasteiger partial charge is 0.207 e. The predicted molar refractivity (Wildman–Crippen MR) is 53.6 cm³/mol. The third-order valence-corrected chi connectivity index (χ3v) is 2.62. The first kappa shape index (κ1) is 10.5. The third-order valence-electron chi connectivity index (χ3n) is 2.62. The Bertz CT molecular complexity index is 133. The molecule has 3 nitrogen and oxygen atoms in total. The van der Waals surface area contributed by atoms with Gasteiger partial charge in [0.1, 0.15) is 0 Å². The van der Waals surface area contributed by atoms with Gasteiger partial charge in [-0.15, -0.1) is 0 Å². The van der Waals surface area contributed by atoms with Gasteiger partial charge < -0.3 is 10.6 Å². The second kappa shape index (κ2) is 6.89. The summed E-state index contributed by atoms with van der Waals surface area (Å²) >= 11 is 0. The van der Waals surface area contributed by atoms with Crippen molar-refractivity contribution in [3.8, 4) is 0 Å². The lowest BCUT2D eigenvalue weighted by atomic mass is 9.95. The van der Waals surface area contributed by atoms with Crippen molar-refractivity contribution >= 4 is 6.41 Å². The number of nitrogens with one attached hydrogen (secondary N) is 2. The number of hydrogen-bond acceptors (Lipinski definition) is 2. The zero-order valence-corrected chi connectivity index (χ0v) is 8.22. The Kier molecular flexibility index (Phi) is 5.57. The lowest BCUT2D eigenvalue weighted by molar-refractivity contribution is -0.109. The first-order valence-electron chi connectivity index (χ1n) is 5.34. The van der Waals surface area contributed by atoms with E-state index in [9.17, 15) is 4.79 Å². The van der Waals surface area contributed by atoms with Gasteiger partial charge in [0.15, 0.2) is 0 Å². The minimum atomic E-state index is 0.741. The van der Waals surface area contributed by atoms with E-state index in [2.05, 4.69) is 10.6 Å². The van der Waals surface area contributed by atoms with Crippen molar-refractivity contribution in [3.63, 3.8) is 0 Å². The SMILES string of the molecule is O=CNCCCNC1CCCCC1. The summed E-state index contributed by atoms with van der Waals surface area (Å²) in [6.07, 6.45) is 8.64. The van der Waals surface area contributed by atoms with Gasteiger partial charge in [0, 0.05) is 12.6 Å². The van der Waals surface area contributed by atoms with Gasteiger partial charge in [-0.3, -0.25) is 4.79 Å². The van der Waals surface area contributed by atoms with Crippen molar-refractivity contribution in [2.75, 3.05) is 13.1 Å². The number of carbonyl (C=O) groups is 1. The maximum atomic E-state index is 9.94. The van der Waals surface area contributed by atoms with Crippen LogP contribution < -0.4 is 10.6 Å². The zero-order chi connectivity index (χ0) is 9.36. The molecule has 0 aliphatic heterocycles. The third kappa shape index (κ3) is 4.88. The van der Waals surface area contributed by atoms with Gasteiger partial charge in [0.25, 0.3) is 0 Å². The van der Waals surface area contributed by atoms with Crippen LogP contribution in [-0.2, 0) is 4.79 Å². The van der Waals surface area contributed by atoms with Crippen LogP contribution in [0.3, 0.4) is 0 Å². The number of amides is 1. The summed E-state index contributed by atoms with van der Waals surface area (Å²) in [6.45, 7) is 1.83. The number of hydrogen-bond donors (Lipinski definition) is 2. The minimum Gasteiger partial charge on any atom is -0.359 e. The Morgan fingerprint density at radius 3 is 2.62 bits per heavy atom. The molecule has 76 valence electrons. The van der Waals surface area contributed by atoms with Crippen LogP contribution in [0.25, 0.3) is 0 Å². The Hall–Kier alpha value is -0.570. The molecule has 0 atom stereocenters. The summed E-state index contributed by atoms with van der Waals surface area (Å²) in [5.41, 5.74) is 0. The molecule has 0 radical (unpaired) electrons. The van der Waals surface area contributed by atoms with Gasteiger partial charge in [0.05, 0.1) is 0 Å². The normalized spacial score (nSPS) is 18.5. The molecule has 1 aliphatic rings. The molecule has 1 aliphatic carbocycles. The molecule has 13 heavy (non-hydrogen) atoms. The minimum absolute atomic E-state index is 0.741. The molecule has 0 heterocycles. The van der Waals surface area contributed by atoms with Crippen LogP contribution in [0.5, 0.6) is 0 Å². The highest BCUT2D eigenvalue weighted by Crippen LogP contribution is 2.16. The summed E-state index contributed by atoms with van der Waals surface area (Å²) < 4.78 is 0. The van der Waals surface area contributed by atoms with Crippen molar-refractivity contribution in [3.05, 3.63) is 0 Å². The van der Waals surface area contributed by atoms with E-state index < -0.39 is 0 Å². The molecule has 1 fully saturated rings. The summed E-state index contributed by atoms with van der Waals surface area (Å²) in [7, 11) is 0. The van der Waals surface area contributed by atoms with Gasteiger partial charge in [-0.2, -0.15) is 0 Å². The van der Waals surface area contributed by atoms with Crippen molar-refractivity contribution in [1.29, 1.82) is 0 Å². The van der Waals surface area contributed by atoms with E-state index in [1.165, 1.54) is 32.1 Å². The van der Waals surface area contributed by atoms with Gasteiger partial charge in [-0.1, -0.05) is 19.3 Å². The van der Waals surface area contributed by atoms with Gasteiger partial charge in [-0.05, 0) is 25.8 Å². The molecule has 1 amide bonds. The highest BCUT2D eigenvalue weighted by Gasteiger charge is 2.11. The van der Waals surface area contributed by atoms with Crippen molar-refractivity contribution in [1.82, 2.24) is 10.6 Å². The highest BCUT2D eigenvalue weighted by atomic mass is 16.1. The fourth-order valence-electron chi connectivity index (χ4n) is 1.86. The monoisotopic (exact) mass is 184 g/mol. The summed E-state index contributed by atoms with van der Waals surface area (Å²) in [5, 5.41) is 6.19. The molecule has 1 saturated carbocycles. The number of carbonyl (C=O) groups excluding carboxylic acids is 1. The molecule has 0 unspecified atom stereocenters. The first-order valence-corrected chi connectivity index (χ1v) is 5.34. The summed E-state index contributed by atoms with van der Waals surface area (Å²) in [5.74, 6) is 0. The Morgan fingerprint density at radius 2 is 1.92 bits per heavy atom. The lowest BCUT2D eigenvalue weighted by Crippen LogP contribution is -2.32. The van der Waals surface area contributed by atoms with Crippen LogP contribution in [-0.4, -0.2) is 25.5 Å². The summed E-state index contributed by atoms with van der Waals surface area (Å²) in [6, 6.07) is 0.741. The molecule has 1 rings (SSSR count). The second-order valence-electron chi connectivity index (χ2n) is 3.71. The predicted octanol–water partition coefficient (Wildman–Crippen LogP) is 1.04. The second-order valence-corrected chi connectivity index (χ2v) is 3.71. The van der Waals surface area contributed by atoms with E-state index in [0.717, 1.165) is 32.0 Å². The zero-order valence-electron chi connectivity index (χ0n) is 8.22. The van der Waals surface area contributed by atoms with Crippen LogP contribution in [0.1, 0.15) is 38.5 Å². The molecule has 3 heteroatoms. The quantitative estimate of drug-likeness (QED) is 0.478. The lowest BCUT2D eigenvalue weighted by Gasteiger charge is -2.22. The average molecular weight is 184 g/mol. The van der Waals surface area contributed by atoms with Crippen molar-refractivity contribution < 1.29 is 4.79 Å². The van der Waals surface area contributed by atoms with Crippen LogP contribution in [0.15, 0.2) is 0 Å². The Labute approximate surface area is 80.3 Å². The molecule has 0 spiro atoms. The van der Waals surface area contributed by atoms with Gasteiger partial charge >= 0.3 is 0 Å². The van der Waals surface area contributed by atoms with E-state index in [-0.39, 0.29) is 0 Å². The topological polar surface area (TPSA) is 41.1 Å². The van der Waals surface area contributed by atoms with Gasteiger partial charge in [-0.25, -0.2) is 0 Å². The number of rotatable bonds is 6. The van der Waals surface area contributed by atoms with Crippen molar-refractivity contribution in [2.24, 2.45) is 0 Å². The van der Waals surface area contributed by atoms with Crippen LogP contribution >= 0.6 is 0 Å². The largest absolute Gasteiger partial charge is 0.359 e. The van der Waals surface area contributed by atoms with Crippen LogP contribution in [0.2, 0.25) is 0 Å². The van der Waals surface area contributed by atoms with E-state index in [1.807, 2.05) is 0 Å². The van der Waals surface area contributed by atoms with Gasteiger partial charge in [0.2, 0.25) is 6.41 Å². The maximum Gasteiger partial charge on any atom is 0.207 e. The fourth-order valence-corrected chi connectivity index (χ4v) is 1.86. The van der Waals surface area contributed by atoms with E-state index in [0.29, 0.717) is 0 Å². The molecule has 0 bridgehead atoms. The van der Waals surface area contributed by atoms with Crippen LogP contribution in [0.4, 0.5) is 0 Å². The van der Waals surface area contributed by atoms with Crippen LogP contribution in [0, 0.1) is 0 Å².